The molecule has 0 saturated carbocycles. The monoisotopic (exact) mass is 264 g/mol. The quantitative estimate of drug-likeness (QED) is 0.733. The van der Waals surface area contributed by atoms with Gasteiger partial charge in [0.05, 0.1) is 5.92 Å². The number of hydrogen-bond acceptors (Lipinski definition) is 3. The second-order valence-corrected chi connectivity index (χ2v) is 5.39. The molecule has 2 N–H and O–H groups in total. The maximum atomic E-state index is 9.94. The number of aliphatic hydroxyl groups excluding tert-OH is 1. The van der Waals surface area contributed by atoms with Gasteiger partial charge in [0.2, 0.25) is 6.29 Å². The van der Waals surface area contributed by atoms with Crippen molar-refractivity contribution < 1.29 is 14.9 Å². The molecule has 0 bridgehead atoms. The smallest absolute Gasteiger partial charge is 0.204 e. The third-order valence-electron chi connectivity index (χ3n) is 3.85. The minimum atomic E-state index is -0.757. The van der Waals surface area contributed by atoms with Crippen LogP contribution in [0.25, 0.3) is 0 Å². The fourth-order valence-electron chi connectivity index (χ4n) is 2.74. The summed E-state index contributed by atoms with van der Waals surface area (Å²) >= 11 is 0. The third kappa shape index (κ3) is 3.63. The Hall–Kier alpha value is -1.22. The van der Waals surface area contributed by atoms with E-state index >= 15 is 0 Å². The molecule has 106 valence electrons. The van der Waals surface area contributed by atoms with E-state index in [0.717, 1.165) is 18.4 Å². The summed E-state index contributed by atoms with van der Waals surface area (Å²) in [5, 5.41) is 19.5. The molecule has 1 aromatic carbocycles. The summed E-state index contributed by atoms with van der Waals surface area (Å²) in [6.45, 7) is 2.22. The van der Waals surface area contributed by atoms with Crippen LogP contribution in [0.2, 0.25) is 0 Å². The fraction of sp³-hybridized carbons (Fsp3) is 0.625. The van der Waals surface area contributed by atoms with Gasteiger partial charge in [-0.3, -0.25) is 0 Å². The van der Waals surface area contributed by atoms with Gasteiger partial charge in [-0.1, -0.05) is 45.4 Å². The molecule has 3 heteroatoms. The number of unbranched alkanes of at least 4 members (excludes halogenated alkanes) is 5. The predicted molar refractivity (Wildman–Crippen MR) is 75.5 cm³/mol. The van der Waals surface area contributed by atoms with Crippen LogP contribution >= 0.6 is 0 Å². The number of phenolic OH excluding ortho intramolecular Hbond substituents is 1. The average Bonchev–Trinajstić information content (AvgIpc) is 2.69. The zero-order chi connectivity index (χ0) is 13.7. The highest BCUT2D eigenvalue weighted by molar-refractivity contribution is 5.44. The number of benzene rings is 1. The minimum absolute atomic E-state index is 0.00766. The predicted octanol–water partition coefficient (Wildman–Crippen LogP) is 3.94. The van der Waals surface area contributed by atoms with Gasteiger partial charge in [-0.25, -0.2) is 0 Å². The van der Waals surface area contributed by atoms with Gasteiger partial charge < -0.3 is 14.9 Å². The van der Waals surface area contributed by atoms with E-state index in [-0.39, 0.29) is 11.7 Å². The van der Waals surface area contributed by atoms with Crippen molar-refractivity contribution in [1.82, 2.24) is 0 Å². The number of phenols is 1. The molecular weight excluding hydrogens is 240 g/mol. The van der Waals surface area contributed by atoms with Crippen LogP contribution in [0.5, 0.6) is 11.5 Å². The molecule has 2 atom stereocenters. The van der Waals surface area contributed by atoms with Gasteiger partial charge >= 0.3 is 0 Å². The Labute approximate surface area is 115 Å². The first-order valence-corrected chi connectivity index (χ1v) is 7.40. The van der Waals surface area contributed by atoms with Crippen molar-refractivity contribution in [2.75, 3.05) is 0 Å². The summed E-state index contributed by atoms with van der Waals surface area (Å²) in [7, 11) is 0. The van der Waals surface area contributed by atoms with Crippen LogP contribution < -0.4 is 4.74 Å². The van der Waals surface area contributed by atoms with E-state index in [2.05, 4.69) is 6.92 Å². The second kappa shape index (κ2) is 6.80. The first-order valence-electron chi connectivity index (χ1n) is 7.40. The van der Waals surface area contributed by atoms with Crippen LogP contribution in [0.4, 0.5) is 0 Å². The summed E-state index contributed by atoms with van der Waals surface area (Å²) in [5.41, 5.74) is 0.945. The Morgan fingerprint density at radius 2 is 1.84 bits per heavy atom. The molecule has 1 aliphatic heterocycles. The summed E-state index contributed by atoms with van der Waals surface area (Å²) < 4.78 is 5.41. The molecule has 0 radical (unpaired) electrons. The molecule has 1 aliphatic rings. The first kappa shape index (κ1) is 14.2. The molecule has 3 nitrogen and oxygen atoms in total. The minimum Gasteiger partial charge on any atom is -0.508 e. The van der Waals surface area contributed by atoms with Crippen LogP contribution in [0.1, 0.15) is 63.4 Å². The lowest BCUT2D eigenvalue weighted by Gasteiger charge is -2.13. The summed E-state index contributed by atoms with van der Waals surface area (Å²) in [4.78, 5) is 0. The molecule has 0 amide bonds. The molecule has 1 heterocycles. The zero-order valence-electron chi connectivity index (χ0n) is 11.6. The van der Waals surface area contributed by atoms with Crippen LogP contribution in [0.3, 0.4) is 0 Å². The maximum absolute atomic E-state index is 9.94. The van der Waals surface area contributed by atoms with Crippen LogP contribution in [-0.2, 0) is 0 Å². The maximum Gasteiger partial charge on any atom is 0.204 e. The first-order chi connectivity index (χ1) is 9.22. The third-order valence-corrected chi connectivity index (χ3v) is 3.85. The van der Waals surface area contributed by atoms with E-state index in [0.29, 0.717) is 5.75 Å². The van der Waals surface area contributed by atoms with Gasteiger partial charge in [0.15, 0.2) is 0 Å². The van der Waals surface area contributed by atoms with Crippen LogP contribution in [0.15, 0.2) is 18.2 Å². The molecule has 2 rings (SSSR count). The highest BCUT2D eigenvalue weighted by Gasteiger charge is 2.32. The van der Waals surface area contributed by atoms with Crippen molar-refractivity contribution in [2.24, 2.45) is 0 Å². The fourth-order valence-corrected chi connectivity index (χ4v) is 2.74. The van der Waals surface area contributed by atoms with Gasteiger partial charge in [-0.2, -0.15) is 0 Å². The van der Waals surface area contributed by atoms with E-state index in [1.165, 1.54) is 32.1 Å². The standard InChI is InChI=1S/C16H24O3/c1-2-3-4-5-6-7-8-13-14-11-12(17)9-10-15(14)19-16(13)18/h9-11,13,16-18H,2-8H2,1H3/t13-,16-/m1/s1. The summed E-state index contributed by atoms with van der Waals surface area (Å²) in [6, 6.07) is 5.04. The molecule has 0 fully saturated rings. The van der Waals surface area contributed by atoms with Crippen molar-refractivity contribution in [2.45, 2.75) is 64.1 Å². The number of aliphatic hydroxyl groups is 1. The molecule has 0 spiro atoms. The number of fused-ring (bicyclic) bond motifs is 1. The van der Waals surface area contributed by atoms with Gasteiger partial charge in [-0.05, 0) is 24.6 Å². The van der Waals surface area contributed by atoms with Crippen LogP contribution in [-0.4, -0.2) is 16.5 Å². The Bertz CT molecular complexity index is 403. The van der Waals surface area contributed by atoms with Crippen molar-refractivity contribution in [3.8, 4) is 11.5 Å². The van der Waals surface area contributed by atoms with E-state index in [9.17, 15) is 10.2 Å². The number of hydrogen-bond donors (Lipinski definition) is 2. The second-order valence-electron chi connectivity index (χ2n) is 5.39. The highest BCUT2D eigenvalue weighted by atomic mass is 16.6. The van der Waals surface area contributed by atoms with Crippen molar-refractivity contribution in [3.63, 3.8) is 0 Å². The van der Waals surface area contributed by atoms with E-state index < -0.39 is 6.29 Å². The number of ether oxygens (including phenoxy) is 1. The Balaban J connectivity index is 1.82. The lowest BCUT2D eigenvalue weighted by Crippen LogP contribution is -2.17. The van der Waals surface area contributed by atoms with E-state index in [1.54, 1.807) is 18.2 Å². The topological polar surface area (TPSA) is 49.7 Å². The summed E-state index contributed by atoms with van der Waals surface area (Å²) in [5.74, 6) is 0.957. The molecule has 0 aliphatic carbocycles. The summed E-state index contributed by atoms with van der Waals surface area (Å²) in [6.07, 6.45) is 7.62. The molecule has 1 aromatic rings. The average molecular weight is 264 g/mol. The van der Waals surface area contributed by atoms with Crippen LogP contribution in [0, 0.1) is 0 Å². The lowest BCUT2D eigenvalue weighted by molar-refractivity contribution is -0.0203. The molecule has 19 heavy (non-hydrogen) atoms. The van der Waals surface area contributed by atoms with Gasteiger partial charge in [0.1, 0.15) is 11.5 Å². The molecule has 0 saturated heterocycles. The lowest BCUT2D eigenvalue weighted by atomic mass is 9.93. The van der Waals surface area contributed by atoms with Gasteiger partial charge in [-0.15, -0.1) is 0 Å². The van der Waals surface area contributed by atoms with E-state index in [1.807, 2.05) is 0 Å². The Morgan fingerprint density at radius 1 is 1.11 bits per heavy atom. The zero-order valence-corrected chi connectivity index (χ0v) is 11.6. The molecule has 0 unspecified atom stereocenters. The van der Waals surface area contributed by atoms with Crippen molar-refractivity contribution >= 4 is 0 Å². The van der Waals surface area contributed by atoms with Crippen molar-refractivity contribution in [1.29, 1.82) is 0 Å². The van der Waals surface area contributed by atoms with Gasteiger partial charge in [0.25, 0.3) is 0 Å². The molecule has 0 aromatic heterocycles. The highest BCUT2D eigenvalue weighted by Crippen LogP contribution is 2.41. The van der Waals surface area contributed by atoms with E-state index in [4.69, 9.17) is 4.74 Å². The molecular formula is C16H24O3. The number of aromatic hydroxyl groups is 1. The van der Waals surface area contributed by atoms with Gasteiger partial charge in [0, 0.05) is 5.56 Å². The Morgan fingerprint density at radius 3 is 2.63 bits per heavy atom. The Kier molecular flexibility index (Phi) is 5.08. The normalized spacial score (nSPS) is 21.2. The largest absolute Gasteiger partial charge is 0.508 e. The SMILES string of the molecule is CCCCCCCC[C@@H]1c2cc(O)ccc2O[C@H]1O. The van der Waals surface area contributed by atoms with Crippen molar-refractivity contribution in [3.05, 3.63) is 23.8 Å². The number of rotatable bonds is 7.